The van der Waals surface area contributed by atoms with Crippen LogP contribution in [0.1, 0.15) is 6.92 Å². The van der Waals surface area contributed by atoms with Crippen molar-refractivity contribution in [3.05, 3.63) is 0 Å². The zero-order valence-corrected chi connectivity index (χ0v) is 31.2. The molecule has 59 heavy (non-hydrogen) atoms. The second-order valence-corrected chi connectivity index (χ2v) is 14.7. The third kappa shape index (κ3) is 10.2. The summed E-state index contributed by atoms with van der Waals surface area (Å²) in [5.74, 6) is -0.720. The highest BCUT2D eigenvalue weighted by Gasteiger charge is 2.57. The Morgan fingerprint density at radius 1 is 0.407 bits per heavy atom. The molecule has 0 unspecified atom stereocenters. The van der Waals surface area contributed by atoms with Gasteiger partial charge in [-0.25, -0.2) is 0 Å². The van der Waals surface area contributed by atoms with Gasteiger partial charge in [0.15, 0.2) is 31.5 Å². The van der Waals surface area contributed by atoms with Crippen molar-refractivity contribution in [3.63, 3.8) is 0 Å². The lowest BCUT2D eigenvalue weighted by molar-refractivity contribution is -0.393. The Bertz CT molecular complexity index is 1320. The molecule has 1 amide bonds. The average Bonchev–Trinajstić information content (AvgIpc) is 3.21. The van der Waals surface area contributed by atoms with E-state index in [1.165, 1.54) is 0 Å². The standard InChI is InChI=1S/C32H55NO26/c1-7(39)33-13-24(15(41)9(3-35)51-28(13)50)56-30-21(47)26(17(43)10(4-36)53-30)58-32-23(49)27(18(44)12(6-38)55-32)59-31-22(48)25(16(42)11(5-37)54-31)57-29-20(46)19(45)14(40)8(2-34)52-29/h8-32,34-38,40-50H,2-6H2,1H3,(H,33,39)/t8-,9-,10-,11-,12-,13-,14-,15-,16-,17-,18-,19+,20+,21+,22+,23+,24-,25+,26+,27+,28+,29-,30-,31-,32-/m1/s1. The molecule has 27 heteroatoms. The normalized spacial score (nSPS) is 51.0. The second-order valence-electron chi connectivity index (χ2n) is 14.7. The van der Waals surface area contributed by atoms with Crippen LogP contribution in [0, 0.1) is 0 Å². The van der Waals surface area contributed by atoms with E-state index < -0.39 is 192 Å². The summed E-state index contributed by atoms with van der Waals surface area (Å²) in [7, 11) is 0. The molecule has 27 nitrogen and oxygen atoms in total. The number of carbonyl (C=O) groups is 1. The molecule has 0 spiro atoms. The van der Waals surface area contributed by atoms with E-state index in [2.05, 4.69) is 5.32 Å². The monoisotopic (exact) mass is 869 g/mol. The lowest BCUT2D eigenvalue weighted by Gasteiger charge is -2.50. The molecule has 0 saturated carbocycles. The van der Waals surface area contributed by atoms with Gasteiger partial charge in [0, 0.05) is 6.92 Å². The van der Waals surface area contributed by atoms with Crippen LogP contribution in [0.4, 0.5) is 0 Å². The number of hydrogen-bond donors (Lipinski definition) is 17. The molecule has 5 rings (SSSR count). The van der Waals surface area contributed by atoms with Crippen molar-refractivity contribution in [1.82, 2.24) is 5.32 Å². The molecule has 5 heterocycles. The number of ether oxygens (including phenoxy) is 9. The maximum Gasteiger partial charge on any atom is 0.217 e. The number of hydrogen-bond acceptors (Lipinski definition) is 26. The van der Waals surface area contributed by atoms with Crippen molar-refractivity contribution in [2.24, 2.45) is 0 Å². The number of nitrogens with one attached hydrogen (secondary N) is 1. The molecular formula is C32H55NO26. The third-order valence-electron chi connectivity index (χ3n) is 10.7. The van der Waals surface area contributed by atoms with Crippen LogP contribution in [0.5, 0.6) is 0 Å². The summed E-state index contributed by atoms with van der Waals surface area (Å²) in [6.45, 7) is -3.54. The van der Waals surface area contributed by atoms with Crippen LogP contribution in [0.25, 0.3) is 0 Å². The minimum Gasteiger partial charge on any atom is -0.394 e. The van der Waals surface area contributed by atoms with Gasteiger partial charge in [-0.2, -0.15) is 0 Å². The Balaban J connectivity index is 1.35. The van der Waals surface area contributed by atoms with Crippen molar-refractivity contribution in [3.8, 4) is 0 Å². The molecule has 5 saturated heterocycles. The van der Waals surface area contributed by atoms with Crippen LogP contribution in [-0.2, 0) is 47.4 Å². The molecule has 25 atom stereocenters. The van der Waals surface area contributed by atoms with E-state index in [4.69, 9.17) is 42.6 Å². The first-order valence-corrected chi connectivity index (χ1v) is 18.6. The van der Waals surface area contributed by atoms with Crippen molar-refractivity contribution >= 4 is 5.91 Å². The quantitative estimate of drug-likeness (QED) is 0.0770. The van der Waals surface area contributed by atoms with Gasteiger partial charge in [-0.3, -0.25) is 4.79 Å². The first kappa shape index (κ1) is 48.5. The number of rotatable bonds is 14. The van der Waals surface area contributed by atoms with Crippen LogP contribution < -0.4 is 5.32 Å². The van der Waals surface area contributed by atoms with Gasteiger partial charge in [-0.15, -0.1) is 0 Å². The maximum atomic E-state index is 11.9. The smallest absolute Gasteiger partial charge is 0.217 e. The first-order chi connectivity index (χ1) is 27.9. The highest BCUT2D eigenvalue weighted by molar-refractivity contribution is 5.73. The number of aliphatic hydroxyl groups is 16. The molecular weight excluding hydrogens is 814 g/mol. The topological polar surface area (TPSA) is 436 Å². The molecule has 0 aromatic heterocycles. The summed E-state index contributed by atoms with van der Waals surface area (Å²) in [6.07, 6.45) is -45.1. The largest absolute Gasteiger partial charge is 0.394 e. The maximum absolute atomic E-state index is 11.9. The third-order valence-corrected chi connectivity index (χ3v) is 10.7. The lowest BCUT2D eigenvalue weighted by atomic mass is 9.94. The zero-order valence-electron chi connectivity index (χ0n) is 31.2. The van der Waals surface area contributed by atoms with Crippen LogP contribution in [-0.4, -0.2) is 274 Å². The SMILES string of the molecule is CC(=O)N[C@@H]1[C@@H](O[C@H]2O[C@H](CO)[C@@H](O)[C@H](O[C@H]3O[C@H](CO)[C@@H](O)[C@H](O[C@H]4O[C@H](CO)[C@@H](O)[C@H](O[C@H]5O[C@H](CO)[C@@H](O)[C@H](O)[C@@H]5O)[C@@H]4O)[C@@H]3O)[C@@H]2O)[C@H](O)[C@@H](CO)O[C@@H]1O. The van der Waals surface area contributed by atoms with E-state index in [1.807, 2.05) is 0 Å². The van der Waals surface area contributed by atoms with Crippen molar-refractivity contribution in [2.45, 2.75) is 160 Å². The molecule has 5 aliphatic rings. The minimum atomic E-state index is -2.19. The van der Waals surface area contributed by atoms with E-state index in [9.17, 15) is 86.5 Å². The Morgan fingerprint density at radius 3 is 1.03 bits per heavy atom. The Morgan fingerprint density at radius 2 is 0.695 bits per heavy atom. The lowest BCUT2D eigenvalue weighted by Crippen LogP contribution is -2.69. The van der Waals surface area contributed by atoms with E-state index in [1.54, 1.807) is 0 Å². The zero-order chi connectivity index (χ0) is 43.6. The molecule has 5 fully saturated rings. The first-order valence-electron chi connectivity index (χ1n) is 18.6. The summed E-state index contributed by atoms with van der Waals surface area (Å²) < 4.78 is 49.7. The Kier molecular flexibility index (Phi) is 17.1. The second kappa shape index (κ2) is 20.8. The van der Waals surface area contributed by atoms with Gasteiger partial charge < -0.3 is 130 Å². The highest BCUT2D eigenvalue weighted by Crippen LogP contribution is 2.35. The molecule has 344 valence electrons. The van der Waals surface area contributed by atoms with Crippen LogP contribution in [0.2, 0.25) is 0 Å². The molecule has 5 aliphatic heterocycles. The number of amides is 1. The Hall–Kier alpha value is -1.53. The molecule has 0 radical (unpaired) electrons. The van der Waals surface area contributed by atoms with E-state index >= 15 is 0 Å². The van der Waals surface area contributed by atoms with Crippen LogP contribution in [0.15, 0.2) is 0 Å². The highest BCUT2D eigenvalue weighted by atomic mass is 16.8. The fourth-order valence-electron chi connectivity index (χ4n) is 7.41. The van der Waals surface area contributed by atoms with Gasteiger partial charge in [0.2, 0.25) is 5.91 Å². The van der Waals surface area contributed by atoms with Crippen molar-refractivity contribution < 1.29 is 129 Å². The molecule has 0 aromatic carbocycles. The molecule has 0 aliphatic carbocycles. The van der Waals surface area contributed by atoms with Crippen molar-refractivity contribution in [1.29, 1.82) is 0 Å². The van der Waals surface area contributed by atoms with Crippen LogP contribution in [0.3, 0.4) is 0 Å². The molecule has 0 bridgehead atoms. The summed E-state index contributed by atoms with van der Waals surface area (Å²) in [5, 5.41) is 171. The van der Waals surface area contributed by atoms with E-state index in [0.717, 1.165) is 6.92 Å². The fourth-order valence-corrected chi connectivity index (χ4v) is 7.41. The van der Waals surface area contributed by atoms with Gasteiger partial charge in [0.1, 0.15) is 122 Å². The number of carbonyl (C=O) groups excluding carboxylic acids is 1. The summed E-state index contributed by atoms with van der Waals surface area (Å²) >= 11 is 0. The Labute approximate surface area is 333 Å². The van der Waals surface area contributed by atoms with Crippen LogP contribution >= 0.6 is 0 Å². The molecule has 17 N–H and O–H groups in total. The minimum absolute atomic E-state index is 0.720. The van der Waals surface area contributed by atoms with Gasteiger partial charge in [-0.1, -0.05) is 0 Å². The summed E-state index contributed by atoms with van der Waals surface area (Å²) in [4.78, 5) is 11.9. The van der Waals surface area contributed by atoms with Gasteiger partial charge in [0.25, 0.3) is 0 Å². The van der Waals surface area contributed by atoms with Gasteiger partial charge in [0.05, 0.1) is 33.0 Å². The predicted octanol–water partition coefficient (Wildman–Crippen LogP) is -11.8. The predicted molar refractivity (Wildman–Crippen MR) is 178 cm³/mol. The summed E-state index contributed by atoms with van der Waals surface area (Å²) in [5.41, 5.74) is 0. The number of aliphatic hydroxyl groups excluding tert-OH is 16. The van der Waals surface area contributed by atoms with Crippen molar-refractivity contribution in [2.75, 3.05) is 33.0 Å². The van der Waals surface area contributed by atoms with Gasteiger partial charge in [-0.05, 0) is 0 Å². The molecule has 0 aromatic rings. The van der Waals surface area contributed by atoms with Gasteiger partial charge >= 0.3 is 0 Å². The summed E-state index contributed by atoms with van der Waals surface area (Å²) in [6, 6.07) is -1.53. The average molecular weight is 870 g/mol. The fraction of sp³-hybridized carbons (Fsp3) is 0.969. The van der Waals surface area contributed by atoms with E-state index in [-0.39, 0.29) is 0 Å². The van der Waals surface area contributed by atoms with E-state index in [0.29, 0.717) is 0 Å².